The van der Waals surface area contributed by atoms with Crippen LogP contribution in [-0.2, 0) is 17.1 Å². The van der Waals surface area contributed by atoms with Crippen LogP contribution in [0.1, 0.15) is 12.8 Å². The molecule has 2 rings (SSSR count). The number of hydrogen-bond donors (Lipinski definition) is 4. The van der Waals surface area contributed by atoms with Crippen LogP contribution in [0, 0.1) is 12.8 Å². The summed E-state index contributed by atoms with van der Waals surface area (Å²) in [5.41, 5.74) is -0.130. The van der Waals surface area contributed by atoms with E-state index in [1.807, 2.05) is 37.1 Å². The molecule has 0 amide bonds. The Hall–Kier alpha value is 0.699. The first kappa shape index (κ1) is 17.7. The normalized spacial score (nSPS) is 26.0. The predicted octanol–water partition coefficient (Wildman–Crippen LogP) is 1.63. The van der Waals surface area contributed by atoms with Crippen LogP contribution in [0.5, 0.6) is 0 Å². The molecule has 0 fully saturated rings. The Morgan fingerprint density at radius 2 is 1.18 bits per heavy atom. The zero-order valence-corrected chi connectivity index (χ0v) is 12.0. The molecule has 0 radical (unpaired) electrons. The Kier molecular flexibility index (Phi) is 10.0. The van der Waals surface area contributed by atoms with E-state index in [4.69, 9.17) is 19.6 Å². The van der Waals surface area contributed by atoms with Crippen molar-refractivity contribution in [2.45, 2.75) is 24.2 Å². The summed E-state index contributed by atoms with van der Waals surface area (Å²) in [5, 5.41) is 0. The molecule has 2 aliphatic carbocycles. The Morgan fingerprint density at radius 1 is 0.824 bits per heavy atom. The third-order valence-corrected chi connectivity index (χ3v) is 4.06. The van der Waals surface area contributed by atoms with Crippen LogP contribution in [0.3, 0.4) is 0 Å². The third kappa shape index (κ3) is 7.00. The molecule has 17 heavy (non-hydrogen) atoms. The molecule has 0 aromatic rings. The summed E-state index contributed by atoms with van der Waals surface area (Å²) in [5.74, 6) is 0. The van der Waals surface area contributed by atoms with Gasteiger partial charge in [0, 0.05) is 0 Å². The van der Waals surface area contributed by atoms with Gasteiger partial charge in [-0.25, -0.2) is 0 Å². The largest absolute Gasteiger partial charge is 2.00 e. The molecular formula is C10H16FeO4P2. The molecule has 4 nitrogen and oxygen atoms in total. The van der Waals surface area contributed by atoms with Gasteiger partial charge in [0.15, 0.2) is 0 Å². The van der Waals surface area contributed by atoms with Crippen LogP contribution in [-0.4, -0.2) is 30.9 Å². The van der Waals surface area contributed by atoms with E-state index < -0.39 is 16.8 Å². The van der Waals surface area contributed by atoms with Gasteiger partial charge < -0.3 is 32.4 Å². The first-order valence-corrected chi connectivity index (χ1v) is 7.58. The number of allylic oxidation sites excluding steroid dienone is 4. The Balaban J connectivity index is 0.000000284. The summed E-state index contributed by atoms with van der Waals surface area (Å²) in [6, 6.07) is 0. The Bertz CT molecular complexity index is 233. The molecule has 2 unspecified atom stereocenters. The van der Waals surface area contributed by atoms with Crippen molar-refractivity contribution in [3.05, 3.63) is 37.1 Å². The predicted molar refractivity (Wildman–Crippen MR) is 66.4 cm³/mol. The summed E-state index contributed by atoms with van der Waals surface area (Å²) in [6.07, 6.45) is 13.1. The minimum atomic E-state index is -1.74. The zero-order valence-electron chi connectivity index (χ0n) is 9.07. The van der Waals surface area contributed by atoms with Crippen LogP contribution in [0.25, 0.3) is 0 Å². The van der Waals surface area contributed by atoms with Crippen molar-refractivity contribution < 1.29 is 36.6 Å². The standard InChI is InChI=1S/2C5H8O2P.Fe/c2*6-8(7)5-3-1-2-4-5;/h2*1,3-7H,2H2;/q2*-1;+2. The van der Waals surface area contributed by atoms with Crippen LogP contribution < -0.4 is 0 Å². The molecule has 4 N–H and O–H groups in total. The van der Waals surface area contributed by atoms with E-state index >= 15 is 0 Å². The quantitative estimate of drug-likeness (QED) is 0.270. The molecule has 0 bridgehead atoms. The van der Waals surface area contributed by atoms with E-state index in [-0.39, 0.29) is 28.4 Å². The maximum atomic E-state index is 8.59. The molecule has 0 spiro atoms. The second-order valence-corrected chi connectivity index (χ2v) is 5.90. The fraction of sp³-hybridized carbons (Fsp3) is 0.400. The van der Waals surface area contributed by atoms with Crippen LogP contribution in [0.15, 0.2) is 24.3 Å². The van der Waals surface area contributed by atoms with Gasteiger partial charge in [0.1, 0.15) is 16.8 Å². The summed E-state index contributed by atoms with van der Waals surface area (Å²) in [6.45, 7) is 0. The molecule has 0 saturated heterocycles. The van der Waals surface area contributed by atoms with Gasteiger partial charge in [0.2, 0.25) is 0 Å². The van der Waals surface area contributed by atoms with Crippen LogP contribution in [0.4, 0.5) is 0 Å². The molecular weight excluding hydrogens is 302 g/mol. The second-order valence-electron chi connectivity index (χ2n) is 3.42. The first-order valence-electron chi connectivity index (χ1n) is 4.95. The van der Waals surface area contributed by atoms with E-state index in [0.717, 1.165) is 12.8 Å². The van der Waals surface area contributed by atoms with Crippen molar-refractivity contribution in [2.75, 3.05) is 0 Å². The number of rotatable bonds is 2. The van der Waals surface area contributed by atoms with E-state index in [0.29, 0.717) is 0 Å². The average molecular weight is 318 g/mol. The Labute approximate surface area is 115 Å². The molecule has 2 atom stereocenters. The topological polar surface area (TPSA) is 80.9 Å². The van der Waals surface area contributed by atoms with E-state index in [2.05, 4.69) is 0 Å². The molecule has 0 saturated carbocycles. The van der Waals surface area contributed by atoms with Gasteiger partial charge in [-0.15, -0.1) is 24.3 Å². The SMILES string of the molecule is OP(O)C1C=CC[CH-]1.OP(O)C1C=CC[CH-]1.[Fe+2]. The Morgan fingerprint density at radius 3 is 1.29 bits per heavy atom. The summed E-state index contributed by atoms with van der Waals surface area (Å²) in [4.78, 5) is 34.4. The van der Waals surface area contributed by atoms with Gasteiger partial charge in [0.25, 0.3) is 0 Å². The van der Waals surface area contributed by atoms with Crippen molar-refractivity contribution >= 4 is 16.8 Å². The zero-order chi connectivity index (χ0) is 12.0. The minimum Gasteiger partial charge on any atom is -0.351 e. The molecule has 2 aliphatic rings. The monoisotopic (exact) mass is 318 g/mol. The van der Waals surface area contributed by atoms with Gasteiger partial charge >= 0.3 is 17.1 Å². The number of hydrogen-bond acceptors (Lipinski definition) is 4. The van der Waals surface area contributed by atoms with E-state index in [1.165, 1.54) is 0 Å². The minimum absolute atomic E-state index is 0. The fourth-order valence-electron chi connectivity index (χ4n) is 1.37. The summed E-state index contributed by atoms with van der Waals surface area (Å²) >= 11 is 0. The van der Waals surface area contributed by atoms with Gasteiger partial charge in [0.05, 0.1) is 0 Å². The summed E-state index contributed by atoms with van der Waals surface area (Å²) < 4.78 is 0. The van der Waals surface area contributed by atoms with Gasteiger partial charge in [-0.05, 0) is 0 Å². The van der Waals surface area contributed by atoms with Gasteiger partial charge in [-0.2, -0.15) is 12.8 Å². The maximum absolute atomic E-state index is 8.59. The van der Waals surface area contributed by atoms with Crippen molar-refractivity contribution in [1.29, 1.82) is 0 Å². The van der Waals surface area contributed by atoms with Crippen molar-refractivity contribution in [3.63, 3.8) is 0 Å². The molecule has 7 heteroatoms. The average Bonchev–Trinajstić information content (AvgIpc) is 2.93. The van der Waals surface area contributed by atoms with Gasteiger partial charge in [-0.1, -0.05) is 11.3 Å². The summed E-state index contributed by atoms with van der Waals surface area (Å²) in [7, 11) is -3.49. The second kappa shape index (κ2) is 9.61. The molecule has 98 valence electrons. The van der Waals surface area contributed by atoms with E-state index in [1.54, 1.807) is 0 Å². The first-order chi connectivity index (χ1) is 7.61. The third-order valence-electron chi connectivity index (χ3n) is 2.23. The molecule has 0 aliphatic heterocycles. The van der Waals surface area contributed by atoms with Crippen LogP contribution in [0.2, 0.25) is 0 Å². The molecule has 0 aromatic carbocycles. The van der Waals surface area contributed by atoms with Crippen molar-refractivity contribution in [1.82, 2.24) is 0 Å². The molecule has 0 aromatic heterocycles. The fourth-order valence-corrected chi connectivity index (χ4v) is 2.54. The smallest absolute Gasteiger partial charge is 0.351 e. The maximum Gasteiger partial charge on any atom is 2.00 e. The molecule has 0 heterocycles. The van der Waals surface area contributed by atoms with E-state index in [9.17, 15) is 0 Å². The van der Waals surface area contributed by atoms with Gasteiger partial charge in [-0.3, -0.25) is 0 Å². The van der Waals surface area contributed by atoms with Crippen molar-refractivity contribution in [3.8, 4) is 0 Å². The van der Waals surface area contributed by atoms with Crippen LogP contribution >= 0.6 is 16.8 Å². The van der Waals surface area contributed by atoms with Crippen molar-refractivity contribution in [2.24, 2.45) is 0 Å².